The molecular formula is C12H19N3O2S. The van der Waals surface area contributed by atoms with Crippen LogP contribution >= 0.6 is 11.3 Å². The smallest absolute Gasteiger partial charge is 0.263 e. The van der Waals surface area contributed by atoms with Gasteiger partial charge in [-0.15, -0.1) is 11.3 Å². The Labute approximate surface area is 111 Å². The standard InChI is InChI=1S/C12H19N3O2S/c1-8(2)7-15-10(16)3-5-14-12(17)11-9(13)4-6-18-11/h4,6,8H,3,5,7,13H2,1-2H3,(H,14,17)(H,15,16). The zero-order valence-electron chi connectivity index (χ0n) is 10.7. The Morgan fingerprint density at radius 3 is 2.67 bits per heavy atom. The summed E-state index contributed by atoms with van der Waals surface area (Å²) < 4.78 is 0. The van der Waals surface area contributed by atoms with Crippen LogP contribution in [0.1, 0.15) is 29.9 Å². The van der Waals surface area contributed by atoms with Gasteiger partial charge in [0.2, 0.25) is 5.91 Å². The Hall–Kier alpha value is -1.56. The Balaban J connectivity index is 2.24. The molecule has 100 valence electrons. The molecule has 0 bridgehead atoms. The van der Waals surface area contributed by atoms with Gasteiger partial charge in [0.1, 0.15) is 4.88 Å². The number of thiophene rings is 1. The largest absolute Gasteiger partial charge is 0.397 e. The molecule has 4 N–H and O–H groups in total. The van der Waals surface area contributed by atoms with E-state index in [0.29, 0.717) is 29.6 Å². The van der Waals surface area contributed by atoms with E-state index in [1.807, 2.05) is 13.8 Å². The van der Waals surface area contributed by atoms with Gasteiger partial charge < -0.3 is 16.4 Å². The van der Waals surface area contributed by atoms with Gasteiger partial charge in [-0.3, -0.25) is 9.59 Å². The topological polar surface area (TPSA) is 84.2 Å². The van der Waals surface area contributed by atoms with Crippen LogP contribution in [0.15, 0.2) is 11.4 Å². The predicted octanol–water partition coefficient (Wildman–Crippen LogP) is 1.22. The van der Waals surface area contributed by atoms with Gasteiger partial charge in [0.15, 0.2) is 0 Å². The number of amides is 2. The number of nitrogens with two attached hydrogens (primary N) is 1. The molecule has 0 aliphatic carbocycles. The van der Waals surface area contributed by atoms with Crippen molar-refractivity contribution < 1.29 is 9.59 Å². The number of rotatable bonds is 6. The van der Waals surface area contributed by atoms with E-state index in [0.717, 1.165) is 0 Å². The van der Waals surface area contributed by atoms with E-state index in [1.54, 1.807) is 11.4 Å². The van der Waals surface area contributed by atoms with Crippen LogP contribution in [0.5, 0.6) is 0 Å². The summed E-state index contributed by atoms with van der Waals surface area (Å²) >= 11 is 1.29. The van der Waals surface area contributed by atoms with Crippen molar-refractivity contribution in [1.29, 1.82) is 0 Å². The number of carbonyl (C=O) groups is 2. The molecule has 0 aliphatic rings. The molecule has 0 spiro atoms. The van der Waals surface area contributed by atoms with Crippen LogP contribution in [0, 0.1) is 5.92 Å². The highest BCUT2D eigenvalue weighted by molar-refractivity contribution is 7.12. The minimum absolute atomic E-state index is 0.0526. The molecule has 2 amide bonds. The lowest BCUT2D eigenvalue weighted by Crippen LogP contribution is -2.32. The van der Waals surface area contributed by atoms with Crippen molar-refractivity contribution in [3.63, 3.8) is 0 Å². The van der Waals surface area contributed by atoms with Crippen molar-refractivity contribution in [3.05, 3.63) is 16.3 Å². The Morgan fingerprint density at radius 2 is 2.11 bits per heavy atom. The first-order valence-corrected chi connectivity index (χ1v) is 6.76. The Kier molecular flexibility index (Phi) is 5.64. The molecule has 5 nitrogen and oxygen atoms in total. The molecule has 0 saturated heterocycles. The lowest BCUT2D eigenvalue weighted by atomic mass is 10.2. The second-order valence-corrected chi connectivity index (χ2v) is 5.33. The fourth-order valence-corrected chi connectivity index (χ4v) is 2.01. The van der Waals surface area contributed by atoms with Gasteiger partial charge >= 0.3 is 0 Å². The fourth-order valence-electron chi connectivity index (χ4n) is 1.28. The maximum absolute atomic E-state index is 11.7. The average molecular weight is 269 g/mol. The summed E-state index contributed by atoms with van der Waals surface area (Å²) in [6, 6.07) is 1.69. The molecule has 0 radical (unpaired) electrons. The Bertz CT molecular complexity index is 415. The number of nitrogens with one attached hydrogen (secondary N) is 2. The predicted molar refractivity (Wildman–Crippen MR) is 73.5 cm³/mol. The van der Waals surface area contributed by atoms with Gasteiger partial charge in [0.25, 0.3) is 5.91 Å². The molecule has 1 heterocycles. The van der Waals surface area contributed by atoms with Gasteiger partial charge in [-0.2, -0.15) is 0 Å². The highest BCUT2D eigenvalue weighted by atomic mass is 32.1. The highest BCUT2D eigenvalue weighted by Gasteiger charge is 2.11. The molecular weight excluding hydrogens is 250 g/mol. The molecule has 6 heteroatoms. The van der Waals surface area contributed by atoms with Crippen molar-refractivity contribution in [2.75, 3.05) is 18.8 Å². The second kappa shape index (κ2) is 7.00. The van der Waals surface area contributed by atoms with Gasteiger partial charge in [0, 0.05) is 19.5 Å². The number of anilines is 1. The number of carbonyl (C=O) groups excluding carboxylic acids is 2. The van der Waals surface area contributed by atoms with Crippen molar-refractivity contribution in [1.82, 2.24) is 10.6 Å². The quantitative estimate of drug-likeness (QED) is 0.726. The maximum atomic E-state index is 11.7. The molecule has 0 unspecified atom stereocenters. The first-order valence-electron chi connectivity index (χ1n) is 5.88. The summed E-state index contributed by atoms with van der Waals surface area (Å²) in [5, 5.41) is 7.23. The average Bonchev–Trinajstić information content (AvgIpc) is 2.72. The molecule has 0 fully saturated rings. The molecule has 0 aliphatic heterocycles. The minimum Gasteiger partial charge on any atom is -0.397 e. The molecule has 0 saturated carbocycles. The van der Waals surface area contributed by atoms with Crippen molar-refractivity contribution in [2.24, 2.45) is 5.92 Å². The molecule has 18 heavy (non-hydrogen) atoms. The van der Waals surface area contributed by atoms with Crippen LogP contribution in [0.25, 0.3) is 0 Å². The SMILES string of the molecule is CC(C)CNC(=O)CCNC(=O)c1sccc1N. The van der Waals surface area contributed by atoms with Crippen LogP contribution in [-0.4, -0.2) is 24.9 Å². The molecule has 1 aromatic rings. The molecule has 0 aromatic carbocycles. The van der Waals surface area contributed by atoms with Gasteiger partial charge in [-0.1, -0.05) is 13.8 Å². The van der Waals surface area contributed by atoms with Gasteiger partial charge in [0.05, 0.1) is 5.69 Å². The molecule has 1 rings (SSSR count). The van der Waals surface area contributed by atoms with E-state index in [1.165, 1.54) is 11.3 Å². The van der Waals surface area contributed by atoms with Crippen LogP contribution < -0.4 is 16.4 Å². The van der Waals surface area contributed by atoms with Crippen molar-refractivity contribution >= 4 is 28.8 Å². The molecule has 0 atom stereocenters. The first-order chi connectivity index (χ1) is 8.50. The number of nitrogen functional groups attached to an aromatic ring is 1. The maximum Gasteiger partial charge on any atom is 0.263 e. The summed E-state index contributed by atoms with van der Waals surface area (Å²) in [6.07, 6.45) is 0.281. The van der Waals surface area contributed by atoms with Gasteiger partial charge in [-0.05, 0) is 17.4 Å². The van der Waals surface area contributed by atoms with Gasteiger partial charge in [-0.25, -0.2) is 0 Å². The summed E-state index contributed by atoms with van der Waals surface area (Å²) in [7, 11) is 0. The lowest BCUT2D eigenvalue weighted by molar-refractivity contribution is -0.121. The Morgan fingerprint density at radius 1 is 1.39 bits per heavy atom. The van der Waals surface area contributed by atoms with E-state index in [4.69, 9.17) is 5.73 Å². The number of hydrogen-bond acceptors (Lipinski definition) is 4. The summed E-state index contributed by atoms with van der Waals surface area (Å²) in [5.74, 6) is 0.150. The first kappa shape index (κ1) is 14.5. The van der Waals surface area contributed by atoms with Crippen LogP contribution in [0.4, 0.5) is 5.69 Å². The van der Waals surface area contributed by atoms with Crippen LogP contribution in [-0.2, 0) is 4.79 Å². The zero-order chi connectivity index (χ0) is 13.5. The second-order valence-electron chi connectivity index (χ2n) is 4.41. The van der Waals surface area contributed by atoms with E-state index >= 15 is 0 Å². The minimum atomic E-state index is -0.223. The third kappa shape index (κ3) is 4.75. The summed E-state index contributed by atoms with van der Waals surface area (Å²) in [5.41, 5.74) is 6.10. The molecule has 1 aromatic heterocycles. The van der Waals surface area contributed by atoms with Crippen molar-refractivity contribution in [2.45, 2.75) is 20.3 Å². The third-order valence-electron chi connectivity index (χ3n) is 2.25. The highest BCUT2D eigenvalue weighted by Crippen LogP contribution is 2.18. The summed E-state index contributed by atoms with van der Waals surface area (Å²) in [6.45, 7) is 5.04. The van der Waals surface area contributed by atoms with Crippen LogP contribution in [0.3, 0.4) is 0 Å². The van der Waals surface area contributed by atoms with E-state index in [2.05, 4.69) is 10.6 Å². The monoisotopic (exact) mass is 269 g/mol. The fraction of sp³-hybridized carbons (Fsp3) is 0.500. The third-order valence-corrected chi connectivity index (χ3v) is 3.18. The zero-order valence-corrected chi connectivity index (χ0v) is 11.5. The van der Waals surface area contributed by atoms with Crippen molar-refractivity contribution in [3.8, 4) is 0 Å². The van der Waals surface area contributed by atoms with Crippen LogP contribution in [0.2, 0.25) is 0 Å². The normalized spacial score (nSPS) is 10.4. The van der Waals surface area contributed by atoms with E-state index < -0.39 is 0 Å². The van der Waals surface area contributed by atoms with E-state index in [9.17, 15) is 9.59 Å². The summed E-state index contributed by atoms with van der Waals surface area (Å²) in [4.78, 5) is 23.6. The number of hydrogen-bond donors (Lipinski definition) is 3. The lowest BCUT2D eigenvalue weighted by Gasteiger charge is -2.08. The van der Waals surface area contributed by atoms with E-state index in [-0.39, 0.29) is 18.2 Å².